The van der Waals surface area contributed by atoms with Crippen LogP contribution in [0.15, 0.2) is 45.4 Å². The van der Waals surface area contributed by atoms with Crippen molar-refractivity contribution in [3.05, 3.63) is 53.6 Å². The number of furan rings is 1. The van der Waals surface area contributed by atoms with Crippen LogP contribution < -0.4 is 9.47 Å². The average molecular weight is 385 g/mol. The van der Waals surface area contributed by atoms with Crippen LogP contribution in [0.1, 0.15) is 30.4 Å². The topological polar surface area (TPSA) is 83.9 Å². The van der Waals surface area contributed by atoms with Gasteiger partial charge in [-0.05, 0) is 50.1 Å². The second kappa shape index (κ2) is 9.12. The first-order valence-electron chi connectivity index (χ1n) is 9.06. The van der Waals surface area contributed by atoms with Gasteiger partial charge in [-0.3, -0.25) is 4.79 Å². The van der Waals surface area contributed by atoms with Gasteiger partial charge in [0.1, 0.15) is 18.1 Å². The quantitative estimate of drug-likeness (QED) is 0.507. The van der Waals surface area contributed by atoms with Crippen LogP contribution in [0.3, 0.4) is 0 Å². The molecule has 148 valence electrons. The third kappa shape index (κ3) is 4.73. The Labute approximate surface area is 163 Å². The zero-order valence-corrected chi connectivity index (χ0v) is 16.2. The third-order valence-corrected chi connectivity index (χ3v) is 4.14. The number of aryl methyl sites for hydroxylation is 2. The Bertz CT molecular complexity index is 913. The molecule has 0 saturated carbocycles. The van der Waals surface area contributed by atoms with Crippen molar-refractivity contribution in [2.75, 3.05) is 13.7 Å². The van der Waals surface area contributed by atoms with Gasteiger partial charge in [-0.15, -0.1) is 0 Å². The van der Waals surface area contributed by atoms with Crippen molar-refractivity contribution in [2.45, 2.75) is 33.3 Å². The minimum Gasteiger partial charge on any atom is -0.493 e. The van der Waals surface area contributed by atoms with Crippen LogP contribution in [0.25, 0.3) is 11.7 Å². The summed E-state index contributed by atoms with van der Waals surface area (Å²) in [6.07, 6.45) is 2.47. The predicted octanol–water partition coefficient (Wildman–Crippen LogP) is 4.33. The highest BCUT2D eigenvalue weighted by Crippen LogP contribution is 2.30. The lowest BCUT2D eigenvalue weighted by molar-refractivity contribution is -0.143. The van der Waals surface area contributed by atoms with Gasteiger partial charge in [0.15, 0.2) is 17.3 Å². The molecule has 0 atom stereocenters. The summed E-state index contributed by atoms with van der Waals surface area (Å²) in [5, 5.41) is 0. The molecule has 7 nitrogen and oxygen atoms in total. The maximum absolute atomic E-state index is 11.5. The zero-order chi connectivity index (χ0) is 19.9. The minimum atomic E-state index is -0.212. The molecular formula is C21H23NO6. The molecule has 0 saturated heterocycles. The van der Waals surface area contributed by atoms with E-state index in [1.165, 1.54) is 0 Å². The second-order valence-electron chi connectivity index (χ2n) is 6.08. The molecule has 0 amide bonds. The van der Waals surface area contributed by atoms with E-state index < -0.39 is 0 Å². The second-order valence-corrected chi connectivity index (χ2v) is 6.08. The van der Waals surface area contributed by atoms with Gasteiger partial charge >= 0.3 is 5.97 Å². The molecule has 2 aromatic heterocycles. The third-order valence-electron chi connectivity index (χ3n) is 4.14. The van der Waals surface area contributed by atoms with E-state index in [2.05, 4.69) is 4.98 Å². The van der Waals surface area contributed by atoms with Gasteiger partial charge in [0.05, 0.1) is 20.0 Å². The fourth-order valence-electron chi connectivity index (χ4n) is 2.68. The first-order valence-corrected chi connectivity index (χ1v) is 9.06. The molecule has 0 fully saturated rings. The summed E-state index contributed by atoms with van der Waals surface area (Å²) in [5.41, 5.74) is 1.65. The summed E-state index contributed by atoms with van der Waals surface area (Å²) in [7, 11) is 1.58. The molecule has 28 heavy (non-hydrogen) atoms. The first kappa shape index (κ1) is 19.5. The lowest BCUT2D eigenvalue weighted by atomic mass is 10.1. The molecule has 0 aliphatic carbocycles. The molecule has 7 heteroatoms. The number of carbonyl (C=O) groups excluding carboxylic acids is 1. The molecule has 0 unspecified atom stereocenters. The first-order chi connectivity index (χ1) is 13.6. The van der Waals surface area contributed by atoms with Crippen LogP contribution >= 0.6 is 0 Å². The number of nitrogens with zero attached hydrogens (tertiary/aromatic N) is 1. The Kier molecular flexibility index (Phi) is 6.37. The zero-order valence-electron chi connectivity index (χ0n) is 16.2. The standard InChI is InChI=1S/C21H23NO6/c1-4-25-20(23)10-8-15-7-9-17(19(12-15)24-3)27-13-16-14(2)28-21(22-16)18-6-5-11-26-18/h5-7,9,11-12H,4,8,10,13H2,1-3H3. The largest absolute Gasteiger partial charge is 0.493 e. The molecule has 0 aliphatic heterocycles. The predicted molar refractivity (Wildman–Crippen MR) is 101 cm³/mol. The van der Waals surface area contributed by atoms with Crippen LogP contribution in [0.4, 0.5) is 0 Å². The number of esters is 1. The lowest BCUT2D eigenvalue weighted by Gasteiger charge is -2.11. The summed E-state index contributed by atoms with van der Waals surface area (Å²) in [4.78, 5) is 15.9. The van der Waals surface area contributed by atoms with Gasteiger partial charge in [-0.25, -0.2) is 4.98 Å². The van der Waals surface area contributed by atoms with Crippen LogP contribution in [0.2, 0.25) is 0 Å². The summed E-state index contributed by atoms with van der Waals surface area (Å²) < 4.78 is 27.2. The van der Waals surface area contributed by atoms with Crippen molar-refractivity contribution in [2.24, 2.45) is 0 Å². The molecule has 0 N–H and O–H groups in total. The van der Waals surface area contributed by atoms with Gasteiger partial charge in [0, 0.05) is 6.42 Å². The van der Waals surface area contributed by atoms with Crippen molar-refractivity contribution in [3.63, 3.8) is 0 Å². The Morgan fingerprint density at radius 3 is 2.79 bits per heavy atom. The molecule has 0 radical (unpaired) electrons. The number of ether oxygens (including phenoxy) is 3. The van der Waals surface area contributed by atoms with E-state index in [4.69, 9.17) is 23.0 Å². The van der Waals surface area contributed by atoms with E-state index in [9.17, 15) is 4.79 Å². The maximum atomic E-state index is 11.5. The molecular weight excluding hydrogens is 362 g/mol. The molecule has 3 rings (SSSR count). The van der Waals surface area contributed by atoms with Gasteiger partial charge in [-0.1, -0.05) is 6.07 Å². The molecule has 1 aromatic carbocycles. The van der Waals surface area contributed by atoms with Crippen molar-refractivity contribution < 1.29 is 27.8 Å². The number of oxazole rings is 1. The Balaban J connectivity index is 1.65. The van der Waals surface area contributed by atoms with E-state index in [0.717, 1.165) is 5.56 Å². The Hall–Kier alpha value is -3.22. The summed E-state index contributed by atoms with van der Waals surface area (Å²) in [5.74, 6) is 2.62. The number of hydrogen-bond acceptors (Lipinski definition) is 7. The fourth-order valence-corrected chi connectivity index (χ4v) is 2.68. The minimum absolute atomic E-state index is 0.212. The Morgan fingerprint density at radius 1 is 1.21 bits per heavy atom. The van der Waals surface area contributed by atoms with Crippen LogP contribution in [-0.4, -0.2) is 24.7 Å². The summed E-state index contributed by atoms with van der Waals surface area (Å²) in [6, 6.07) is 9.15. The van der Waals surface area contributed by atoms with Crippen molar-refractivity contribution >= 4 is 5.97 Å². The lowest BCUT2D eigenvalue weighted by Crippen LogP contribution is -2.05. The highest BCUT2D eigenvalue weighted by atomic mass is 16.5. The van der Waals surface area contributed by atoms with E-state index in [-0.39, 0.29) is 12.6 Å². The number of rotatable bonds is 9. The molecule has 2 heterocycles. The number of methoxy groups -OCH3 is 1. The van der Waals surface area contributed by atoms with E-state index in [0.29, 0.717) is 54.1 Å². The number of benzene rings is 1. The molecule has 0 aliphatic rings. The fraction of sp³-hybridized carbons (Fsp3) is 0.333. The number of hydrogen-bond donors (Lipinski definition) is 0. The molecule has 0 spiro atoms. The van der Waals surface area contributed by atoms with Gasteiger partial charge in [0.25, 0.3) is 5.89 Å². The normalized spacial score (nSPS) is 10.7. The van der Waals surface area contributed by atoms with E-state index >= 15 is 0 Å². The SMILES string of the molecule is CCOC(=O)CCc1ccc(OCc2nc(-c3ccco3)oc2C)c(OC)c1. The van der Waals surface area contributed by atoms with Crippen LogP contribution in [0, 0.1) is 6.92 Å². The van der Waals surface area contributed by atoms with Gasteiger partial charge < -0.3 is 23.0 Å². The van der Waals surface area contributed by atoms with Gasteiger partial charge in [-0.2, -0.15) is 0 Å². The number of carbonyl (C=O) groups is 1. The van der Waals surface area contributed by atoms with Gasteiger partial charge in [0.2, 0.25) is 0 Å². The number of aromatic nitrogens is 1. The highest BCUT2D eigenvalue weighted by molar-refractivity contribution is 5.69. The average Bonchev–Trinajstić information content (AvgIpc) is 3.35. The van der Waals surface area contributed by atoms with Crippen molar-refractivity contribution in [1.29, 1.82) is 0 Å². The van der Waals surface area contributed by atoms with Crippen LogP contribution in [0.5, 0.6) is 11.5 Å². The van der Waals surface area contributed by atoms with Crippen molar-refractivity contribution in [1.82, 2.24) is 4.98 Å². The molecule has 0 bridgehead atoms. The Morgan fingerprint density at radius 2 is 2.07 bits per heavy atom. The van der Waals surface area contributed by atoms with E-state index in [1.807, 2.05) is 25.1 Å². The smallest absolute Gasteiger partial charge is 0.306 e. The summed E-state index contributed by atoms with van der Waals surface area (Å²) >= 11 is 0. The maximum Gasteiger partial charge on any atom is 0.306 e. The molecule has 3 aromatic rings. The highest BCUT2D eigenvalue weighted by Gasteiger charge is 2.15. The van der Waals surface area contributed by atoms with Crippen LogP contribution in [-0.2, 0) is 22.6 Å². The summed E-state index contributed by atoms with van der Waals surface area (Å²) in [6.45, 7) is 4.24. The van der Waals surface area contributed by atoms with Crippen molar-refractivity contribution in [3.8, 4) is 23.1 Å². The monoisotopic (exact) mass is 385 g/mol. The van der Waals surface area contributed by atoms with E-state index in [1.54, 1.807) is 32.4 Å².